The van der Waals surface area contributed by atoms with E-state index in [9.17, 15) is 0 Å². The topological polar surface area (TPSA) is 27.8 Å². The Morgan fingerprint density at radius 2 is 2.11 bits per heavy atom. The highest BCUT2D eigenvalue weighted by atomic mass is 32.1. The Morgan fingerprint density at radius 3 is 2.89 bits per heavy atom. The maximum absolute atomic E-state index is 3.58. The number of thiophene rings is 1. The van der Waals surface area contributed by atoms with Crippen LogP contribution >= 0.6 is 11.3 Å². The summed E-state index contributed by atoms with van der Waals surface area (Å²) in [5.41, 5.74) is 2.52. The van der Waals surface area contributed by atoms with Crippen molar-refractivity contribution in [3.05, 3.63) is 57.9 Å². The molecule has 0 aliphatic rings. The zero-order valence-electron chi connectivity index (χ0n) is 11.2. The van der Waals surface area contributed by atoms with Crippen LogP contribution in [0, 0.1) is 6.92 Å². The van der Waals surface area contributed by atoms with Gasteiger partial charge in [-0.2, -0.15) is 0 Å². The van der Waals surface area contributed by atoms with Crippen molar-refractivity contribution in [3.63, 3.8) is 0 Å². The summed E-state index contributed by atoms with van der Waals surface area (Å²) in [5, 5.41) is 4.85. The highest BCUT2D eigenvalue weighted by molar-refractivity contribution is 7.12. The van der Waals surface area contributed by atoms with Crippen LogP contribution in [0.2, 0.25) is 0 Å². The Bertz CT molecular complexity index is 681. The average Bonchev–Trinajstić information content (AvgIpc) is 3.03. The molecular weight excluding hydrogens is 252 g/mol. The van der Waals surface area contributed by atoms with Crippen LogP contribution in [0.3, 0.4) is 0 Å². The van der Waals surface area contributed by atoms with Crippen molar-refractivity contribution >= 4 is 22.2 Å². The van der Waals surface area contributed by atoms with Gasteiger partial charge in [-0.05, 0) is 49.1 Å². The minimum Gasteiger partial charge on any atom is -0.361 e. The first-order valence-corrected chi connectivity index (χ1v) is 7.40. The largest absolute Gasteiger partial charge is 0.361 e. The van der Waals surface area contributed by atoms with Gasteiger partial charge in [0.15, 0.2) is 0 Å². The third-order valence-corrected chi connectivity index (χ3v) is 4.60. The maximum Gasteiger partial charge on any atom is 0.0457 e. The minimum atomic E-state index is 0.401. The van der Waals surface area contributed by atoms with E-state index in [-0.39, 0.29) is 0 Å². The van der Waals surface area contributed by atoms with Gasteiger partial charge in [-0.15, -0.1) is 11.3 Å². The van der Waals surface area contributed by atoms with Gasteiger partial charge < -0.3 is 10.3 Å². The van der Waals surface area contributed by atoms with E-state index in [1.54, 1.807) is 0 Å². The molecule has 2 N–H and O–H groups in total. The predicted octanol–water partition coefficient (Wildman–Crippen LogP) is 4.39. The number of nitrogens with one attached hydrogen (secondary N) is 2. The molecule has 0 aliphatic heterocycles. The molecule has 0 aliphatic carbocycles. The maximum atomic E-state index is 3.58. The van der Waals surface area contributed by atoms with E-state index in [1.807, 2.05) is 17.5 Å². The van der Waals surface area contributed by atoms with Gasteiger partial charge >= 0.3 is 0 Å². The summed E-state index contributed by atoms with van der Waals surface area (Å²) < 4.78 is 0. The lowest BCUT2D eigenvalue weighted by atomic mass is 10.1. The number of aromatic amines is 1. The van der Waals surface area contributed by atoms with Gasteiger partial charge in [0.2, 0.25) is 0 Å². The number of H-pyrrole nitrogens is 1. The molecule has 2 heterocycles. The van der Waals surface area contributed by atoms with Crippen molar-refractivity contribution in [2.45, 2.75) is 26.4 Å². The molecule has 0 saturated carbocycles. The quantitative estimate of drug-likeness (QED) is 0.723. The van der Waals surface area contributed by atoms with Crippen LogP contribution in [-0.2, 0) is 6.54 Å². The monoisotopic (exact) mass is 270 g/mol. The fourth-order valence-corrected chi connectivity index (χ4v) is 3.17. The van der Waals surface area contributed by atoms with Crippen LogP contribution in [0.15, 0.2) is 42.6 Å². The summed E-state index contributed by atoms with van der Waals surface area (Å²) in [4.78, 5) is 6.03. The molecule has 3 rings (SSSR count). The molecule has 0 spiro atoms. The first kappa shape index (κ1) is 12.5. The van der Waals surface area contributed by atoms with Crippen molar-refractivity contribution in [1.82, 2.24) is 10.3 Å². The van der Waals surface area contributed by atoms with E-state index in [0.717, 1.165) is 6.54 Å². The molecule has 19 heavy (non-hydrogen) atoms. The van der Waals surface area contributed by atoms with E-state index in [4.69, 9.17) is 0 Å². The van der Waals surface area contributed by atoms with Crippen molar-refractivity contribution in [2.24, 2.45) is 0 Å². The SMILES string of the molecule is Cc1ccc(C(C)NCc2ccc3cc[nH]c3c2)s1. The highest BCUT2D eigenvalue weighted by Gasteiger charge is 2.07. The van der Waals surface area contributed by atoms with E-state index in [1.165, 1.54) is 26.2 Å². The Labute approximate surface area is 117 Å². The third-order valence-electron chi connectivity index (χ3n) is 3.42. The third kappa shape index (κ3) is 2.72. The van der Waals surface area contributed by atoms with Gasteiger partial charge in [0.1, 0.15) is 0 Å². The van der Waals surface area contributed by atoms with Crippen LogP contribution in [0.5, 0.6) is 0 Å². The Hall–Kier alpha value is -1.58. The molecule has 3 aromatic rings. The van der Waals surface area contributed by atoms with Gasteiger partial charge in [-0.3, -0.25) is 0 Å². The molecule has 1 unspecified atom stereocenters. The minimum absolute atomic E-state index is 0.401. The lowest BCUT2D eigenvalue weighted by Crippen LogP contribution is -2.17. The first-order chi connectivity index (χ1) is 9.22. The zero-order chi connectivity index (χ0) is 13.2. The van der Waals surface area contributed by atoms with Crippen molar-refractivity contribution < 1.29 is 0 Å². The molecule has 0 fully saturated rings. The van der Waals surface area contributed by atoms with Gasteiger partial charge in [-0.25, -0.2) is 0 Å². The number of benzene rings is 1. The number of aryl methyl sites for hydroxylation is 1. The fourth-order valence-electron chi connectivity index (χ4n) is 2.26. The second-order valence-electron chi connectivity index (χ2n) is 4.95. The molecule has 0 radical (unpaired) electrons. The second-order valence-corrected chi connectivity index (χ2v) is 6.27. The van der Waals surface area contributed by atoms with Gasteiger partial charge in [0.05, 0.1) is 0 Å². The van der Waals surface area contributed by atoms with Crippen molar-refractivity contribution in [2.75, 3.05) is 0 Å². The lowest BCUT2D eigenvalue weighted by molar-refractivity contribution is 0.583. The van der Waals surface area contributed by atoms with Crippen LogP contribution in [0.25, 0.3) is 10.9 Å². The Balaban J connectivity index is 1.68. The van der Waals surface area contributed by atoms with Gasteiger partial charge in [0, 0.05) is 34.1 Å². The number of fused-ring (bicyclic) bond motifs is 1. The first-order valence-electron chi connectivity index (χ1n) is 6.58. The zero-order valence-corrected chi connectivity index (χ0v) is 12.1. The lowest BCUT2D eigenvalue weighted by Gasteiger charge is -2.12. The molecule has 0 amide bonds. The molecule has 2 nitrogen and oxygen atoms in total. The molecule has 98 valence electrons. The van der Waals surface area contributed by atoms with E-state index in [0.29, 0.717) is 6.04 Å². The number of hydrogen-bond donors (Lipinski definition) is 2. The van der Waals surface area contributed by atoms with Crippen LogP contribution in [0.1, 0.15) is 28.3 Å². The van der Waals surface area contributed by atoms with Crippen LogP contribution in [0.4, 0.5) is 0 Å². The van der Waals surface area contributed by atoms with E-state index >= 15 is 0 Å². The second kappa shape index (κ2) is 5.19. The predicted molar refractivity (Wildman–Crippen MR) is 82.6 cm³/mol. The fraction of sp³-hybridized carbons (Fsp3) is 0.250. The van der Waals surface area contributed by atoms with Crippen LogP contribution < -0.4 is 5.32 Å². The summed E-state index contributed by atoms with van der Waals surface area (Å²) in [6, 6.07) is 13.5. The molecule has 3 heteroatoms. The van der Waals surface area contributed by atoms with E-state index < -0.39 is 0 Å². The smallest absolute Gasteiger partial charge is 0.0457 e. The standard InChI is InChI=1S/C16H18N2S/c1-11-3-6-16(19-11)12(2)18-10-13-4-5-14-7-8-17-15(14)9-13/h3-9,12,17-18H,10H2,1-2H3. The normalized spacial score (nSPS) is 12.9. The summed E-state index contributed by atoms with van der Waals surface area (Å²) >= 11 is 1.87. The summed E-state index contributed by atoms with van der Waals surface area (Å²) in [7, 11) is 0. The van der Waals surface area contributed by atoms with Crippen molar-refractivity contribution in [1.29, 1.82) is 0 Å². The molecular formula is C16H18N2S. The average molecular weight is 270 g/mol. The molecule has 0 saturated heterocycles. The number of aromatic nitrogens is 1. The van der Waals surface area contributed by atoms with E-state index in [2.05, 4.69) is 60.5 Å². The summed E-state index contributed by atoms with van der Waals surface area (Å²) in [6.45, 7) is 5.27. The summed E-state index contributed by atoms with van der Waals surface area (Å²) in [5.74, 6) is 0. The molecule has 0 bridgehead atoms. The van der Waals surface area contributed by atoms with Gasteiger partial charge in [-0.1, -0.05) is 12.1 Å². The Morgan fingerprint density at radius 1 is 1.21 bits per heavy atom. The molecule has 1 atom stereocenters. The number of rotatable bonds is 4. The molecule has 1 aromatic carbocycles. The van der Waals surface area contributed by atoms with Crippen LogP contribution in [-0.4, -0.2) is 4.98 Å². The van der Waals surface area contributed by atoms with Crippen molar-refractivity contribution in [3.8, 4) is 0 Å². The summed E-state index contributed by atoms with van der Waals surface area (Å²) in [6.07, 6.45) is 1.99. The molecule has 2 aromatic heterocycles. The Kier molecular flexibility index (Phi) is 3.40. The van der Waals surface area contributed by atoms with Gasteiger partial charge in [0.25, 0.3) is 0 Å². The number of hydrogen-bond acceptors (Lipinski definition) is 2. The highest BCUT2D eigenvalue weighted by Crippen LogP contribution is 2.23.